The number of esters is 1. The first-order valence-corrected chi connectivity index (χ1v) is 11.4. The number of Topliss-reactive ketones (excluding diaryl/α,β-unsaturated/α-hetero) is 4. The molecule has 1 aromatic carbocycles. The zero-order valence-electron chi connectivity index (χ0n) is 19.5. The molecule has 36 heavy (non-hydrogen) atoms. The predicted octanol–water partition coefficient (Wildman–Crippen LogP) is -0.565. The van der Waals surface area contributed by atoms with Crippen molar-refractivity contribution in [1.29, 1.82) is 0 Å². The molecule has 0 heterocycles. The average molecular weight is 499 g/mol. The van der Waals surface area contributed by atoms with Gasteiger partial charge >= 0.3 is 5.97 Å². The lowest BCUT2D eigenvalue weighted by atomic mass is 9.50. The highest BCUT2D eigenvalue weighted by molar-refractivity contribution is 6.31. The number of phenolic OH excluding ortho intramolecular Hbond substituents is 1. The van der Waals surface area contributed by atoms with E-state index in [1.165, 1.54) is 18.2 Å². The van der Waals surface area contributed by atoms with Crippen molar-refractivity contribution in [3.05, 3.63) is 34.9 Å². The van der Waals surface area contributed by atoms with Crippen LogP contribution in [0.15, 0.2) is 18.2 Å². The van der Waals surface area contributed by atoms with Gasteiger partial charge < -0.3 is 25.8 Å². The van der Waals surface area contributed by atoms with Gasteiger partial charge in [-0.15, -0.1) is 0 Å². The highest BCUT2D eigenvalue weighted by atomic mass is 16.5. The number of aliphatic hydroxyl groups excluding tert-OH is 1. The Kier molecular flexibility index (Phi) is 6.17. The number of hydrogen-bond donors (Lipinski definition) is 4. The molecule has 2 fully saturated rings. The fourth-order valence-corrected chi connectivity index (χ4v) is 5.85. The van der Waals surface area contributed by atoms with Gasteiger partial charge in [0.25, 0.3) is 0 Å². The van der Waals surface area contributed by atoms with Gasteiger partial charge in [0, 0.05) is 29.9 Å². The Hall–Kier alpha value is -3.70. The number of aromatic hydroxyl groups is 1. The molecule has 0 saturated heterocycles. The van der Waals surface area contributed by atoms with Crippen LogP contribution in [0.1, 0.15) is 47.7 Å². The lowest BCUT2D eigenvalue weighted by Gasteiger charge is -2.52. The van der Waals surface area contributed by atoms with Crippen LogP contribution < -0.4 is 5.73 Å². The summed E-state index contributed by atoms with van der Waals surface area (Å²) in [4.78, 5) is 76.0. The van der Waals surface area contributed by atoms with E-state index >= 15 is 0 Å². The van der Waals surface area contributed by atoms with E-state index in [4.69, 9.17) is 10.5 Å². The van der Waals surface area contributed by atoms with E-state index in [0.717, 1.165) is 6.08 Å². The zero-order chi connectivity index (χ0) is 26.7. The summed E-state index contributed by atoms with van der Waals surface area (Å²) in [7, 11) is 0. The lowest BCUT2D eigenvalue weighted by Crippen LogP contribution is -2.72. The van der Waals surface area contributed by atoms with Gasteiger partial charge in [-0.2, -0.15) is 0 Å². The molecular formula is C25H25NO10. The number of hydrogen-bond acceptors (Lipinski definition) is 10. The lowest BCUT2D eigenvalue weighted by molar-refractivity contribution is -0.189. The average Bonchev–Trinajstić information content (AvgIpc) is 2.81. The van der Waals surface area contributed by atoms with Crippen molar-refractivity contribution in [3.8, 4) is 5.75 Å². The third-order valence-corrected chi connectivity index (χ3v) is 7.58. The molecule has 0 bridgehead atoms. The number of phenols is 1. The fourth-order valence-electron chi connectivity index (χ4n) is 5.85. The molecule has 4 rings (SSSR count). The number of fused-ring (bicyclic) bond motifs is 3. The topological polar surface area (TPSA) is 198 Å². The van der Waals surface area contributed by atoms with E-state index in [9.17, 15) is 44.1 Å². The Morgan fingerprint density at radius 1 is 1.19 bits per heavy atom. The molecule has 0 radical (unpaired) electrons. The minimum absolute atomic E-state index is 0.0781. The van der Waals surface area contributed by atoms with Gasteiger partial charge in [0.2, 0.25) is 5.91 Å². The highest BCUT2D eigenvalue weighted by Crippen LogP contribution is 2.54. The Labute approximate surface area is 204 Å². The van der Waals surface area contributed by atoms with Crippen LogP contribution in [0.25, 0.3) is 6.08 Å². The maximum Gasteiger partial charge on any atom is 0.330 e. The minimum Gasteiger partial charge on any atom is -0.507 e. The van der Waals surface area contributed by atoms with E-state index in [1.54, 1.807) is 13.8 Å². The summed E-state index contributed by atoms with van der Waals surface area (Å²) in [5, 5.41) is 33.3. The maximum atomic E-state index is 13.6. The van der Waals surface area contributed by atoms with Gasteiger partial charge in [0.1, 0.15) is 5.75 Å². The van der Waals surface area contributed by atoms with E-state index in [1.807, 2.05) is 0 Å². The largest absolute Gasteiger partial charge is 0.507 e. The molecule has 3 aliphatic rings. The molecule has 3 aliphatic carbocycles. The van der Waals surface area contributed by atoms with Crippen LogP contribution in [0.3, 0.4) is 0 Å². The normalized spacial score (nSPS) is 33.7. The molecule has 5 N–H and O–H groups in total. The van der Waals surface area contributed by atoms with Crippen molar-refractivity contribution in [2.24, 2.45) is 29.4 Å². The summed E-state index contributed by atoms with van der Waals surface area (Å²) in [5.41, 5.74) is 2.32. The highest BCUT2D eigenvalue weighted by Gasteiger charge is 2.69. The molecule has 190 valence electrons. The Morgan fingerprint density at radius 2 is 1.86 bits per heavy atom. The van der Waals surface area contributed by atoms with Crippen molar-refractivity contribution in [2.75, 3.05) is 6.61 Å². The summed E-state index contributed by atoms with van der Waals surface area (Å²) in [6.07, 6.45) is 0.00129. The number of benzene rings is 1. The summed E-state index contributed by atoms with van der Waals surface area (Å²) in [6.45, 7) is 3.36. The molecule has 0 spiro atoms. The van der Waals surface area contributed by atoms with Crippen LogP contribution in [0.2, 0.25) is 0 Å². The molecule has 1 amide bonds. The third kappa shape index (κ3) is 3.41. The zero-order valence-corrected chi connectivity index (χ0v) is 19.5. The van der Waals surface area contributed by atoms with E-state index in [-0.39, 0.29) is 17.7 Å². The van der Waals surface area contributed by atoms with Gasteiger partial charge in [0.15, 0.2) is 34.7 Å². The number of primary amides is 1. The van der Waals surface area contributed by atoms with Crippen molar-refractivity contribution < 1.29 is 48.8 Å². The van der Waals surface area contributed by atoms with Crippen molar-refractivity contribution in [2.45, 2.75) is 37.9 Å². The number of carbonyl (C=O) groups is 6. The molecule has 2 unspecified atom stereocenters. The molecular weight excluding hydrogens is 474 g/mol. The number of nitrogens with two attached hydrogens (primary N) is 1. The van der Waals surface area contributed by atoms with Crippen LogP contribution in [-0.4, -0.2) is 68.6 Å². The minimum atomic E-state index is -2.97. The SMILES string of the molecule is CCOC(=O)C=Cc1ccc2c(c1O)C(=O)C1C(=O)[C@]3(O)C(=O)C(C(N)=O)C(=O)C[C@@H]3[C@@H](O)[C@@H]1[C@H]2C. The van der Waals surface area contributed by atoms with E-state index < -0.39 is 88.5 Å². The number of aliphatic hydroxyl groups is 2. The quantitative estimate of drug-likeness (QED) is 0.236. The molecule has 2 saturated carbocycles. The first-order chi connectivity index (χ1) is 16.9. The molecule has 0 aliphatic heterocycles. The van der Waals surface area contributed by atoms with Crippen molar-refractivity contribution in [1.82, 2.24) is 0 Å². The van der Waals surface area contributed by atoms with Gasteiger partial charge in [-0.3, -0.25) is 24.0 Å². The maximum absolute atomic E-state index is 13.6. The van der Waals surface area contributed by atoms with Crippen LogP contribution in [-0.2, 0) is 28.7 Å². The first kappa shape index (κ1) is 25.4. The number of amides is 1. The first-order valence-electron chi connectivity index (χ1n) is 11.4. The summed E-state index contributed by atoms with van der Waals surface area (Å²) < 4.78 is 4.79. The van der Waals surface area contributed by atoms with Crippen LogP contribution >= 0.6 is 0 Å². The van der Waals surface area contributed by atoms with E-state index in [2.05, 4.69) is 0 Å². The molecule has 1 aromatic rings. The monoisotopic (exact) mass is 499 g/mol. The van der Waals surface area contributed by atoms with Crippen LogP contribution in [0.5, 0.6) is 5.75 Å². The summed E-state index contributed by atoms with van der Waals surface area (Å²) in [5.74, 6) is -14.3. The van der Waals surface area contributed by atoms with Crippen LogP contribution in [0.4, 0.5) is 0 Å². The molecule has 11 nitrogen and oxygen atoms in total. The van der Waals surface area contributed by atoms with Crippen molar-refractivity contribution in [3.63, 3.8) is 0 Å². The number of rotatable bonds is 4. The summed E-state index contributed by atoms with van der Waals surface area (Å²) >= 11 is 0. The Morgan fingerprint density at radius 3 is 2.47 bits per heavy atom. The summed E-state index contributed by atoms with van der Waals surface area (Å²) in [6, 6.07) is 2.96. The van der Waals surface area contributed by atoms with Gasteiger partial charge in [-0.05, 0) is 24.5 Å². The van der Waals surface area contributed by atoms with Gasteiger partial charge in [-0.25, -0.2) is 4.79 Å². The Bertz CT molecular complexity index is 1250. The number of ether oxygens (including phenoxy) is 1. The molecule has 0 aromatic heterocycles. The second-order valence-corrected chi connectivity index (χ2v) is 9.36. The van der Waals surface area contributed by atoms with Gasteiger partial charge in [0.05, 0.1) is 24.2 Å². The standard InChI is InChI=1S/C25H25NO10/c1-3-36-14(28)7-5-10-4-6-11-9(2)15-18(21(31)16(11)19(10)29)23(33)25(35)12(20(15)30)8-13(27)17(22(25)32)24(26)34/h4-7,9,12,15,17-18,20,29-30,35H,3,8H2,1-2H3,(H2,26,34)/t9-,12+,15+,17?,18?,20+,25+/m0/s1. The van der Waals surface area contributed by atoms with Gasteiger partial charge in [-0.1, -0.05) is 19.1 Å². The van der Waals surface area contributed by atoms with E-state index in [0.29, 0.717) is 5.56 Å². The number of carbonyl (C=O) groups excluding carboxylic acids is 6. The fraction of sp³-hybridized carbons (Fsp3) is 0.440. The molecule has 7 atom stereocenters. The second kappa shape index (κ2) is 8.75. The smallest absolute Gasteiger partial charge is 0.330 e. The third-order valence-electron chi connectivity index (χ3n) is 7.58. The second-order valence-electron chi connectivity index (χ2n) is 9.36. The van der Waals surface area contributed by atoms with Crippen LogP contribution in [0, 0.1) is 23.7 Å². The molecule has 11 heteroatoms. The predicted molar refractivity (Wildman–Crippen MR) is 120 cm³/mol. The Balaban J connectivity index is 1.82. The van der Waals surface area contributed by atoms with Crippen molar-refractivity contribution >= 4 is 41.1 Å². The number of ketones is 4.